The van der Waals surface area contributed by atoms with Gasteiger partial charge in [0.1, 0.15) is 5.82 Å². The van der Waals surface area contributed by atoms with Crippen molar-refractivity contribution < 1.29 is 5.11 Å². The van der Waals surface area contributed by atoms with E-state index in [1.165, 1.54) is 12.8 Å². The van der Waals surface area contributed by atoms with E-state index >= 15 is 0 Å². The lowest BCUT2D eigenvalue weighted by molar-refractivity contribution is 0.199. The van der Waals surface area contributed by atoms with Gasteiger partial charge in [-0.2, -0.15) is 0 Å². The van der Waals surface area contributed by atoms with Crippen LogP contribution in [0.1, 0.15) is 51.7 Å². The van der Waals surface area contributed by atoms with Gasteiger partial charge in [-0.3, -0.25) is 0 Å². The van der Waals surface area contributed by atoms with Gasteiger partial charge < -0.3 is 10.0 Å². The van der Waals surface area contributed by atoms with Crippen molar-refractivity contribution in [2.24, 2.45) is 0 Å². The number of anilines is 1. The number of aliphatic hydroxyl groups excluding tert-OH is 1. The molecule has 1 aromatic rings. The van der Waals surface area contributed by atoms with E-state index in [-0.39, 0.29) is 0 Å². The monoisotopic (exact) mass is 234 g/mol. The number of rotatable bonds is 3. The molecular weight excluding hydrogens is 212 g/mol. The first-order chi connectivity index (χ1) is 8.15. The second kappa shape index (κ2) is 5.05. The van der Waals surface area contributed by atoms with Gasteiger partial charge in [0.05, 0.1) is 6.10 Å². The van der Waals surface area contributed by atoms with Crippen LogP contribution in [0.4, 0.5) is 5.82 Å². The molecule has 94 valence electrons. The average Bonchev–Trinajstić information content (AvgIpc) is 2.70. The summed E-state index contributed by atoms with van der Waals surface area (Å²) in [6, 6.07) is 4.96. The molecule has 0 saturated carbocycles. The molecule has 1 aromatic heterocycles. The van der Waals surface area contributed by atoms with E-state index in [4.69, 9.17) is 0 Å². The summed E-state index contributed by atoms with van der Waals surface area (Å²) < 4.78 is 0. The van der Waals surface area contributed by atoms with Crippen LogP contribution < -0.4 is 4.90 Å². The lowest BCUT2D eigenvalue weighted by Crippen LogP contribution is -2.35. The minimum atomic E-state index is -0.455. The minimum absolute atomic E-state index is 0.455. The molecule has 0 radical (unpaired) electrons. The SMILES string of the molecule is CCC1CCC(C)N1c1ncccc1[C@H](C)O. The van der Waals surface area contributed by atoms with Crippen molar-refractivity contribution in [3.63, 3.8) is 0 Å². The highest BCUT2D eigenvalue weighted by atomic mass is 16.3. The predicted molar refractivity (Wildman–Crippen MR) is 70.1 cm³/mol. The van der Waals surface area contributed by atoms with Gasteiger partial charge >= 0.3 is 0 Å². The normalized spacial score (nSPS) is 26.2. The zero-order valence-electron chi connectivity index (χ0n) is 10.9. The van der Waals surface area contributed by atoms with Crippen molar-refractivity contribution in [3.05, 3.63) is 23.9 Å². The van der Waals surface area contributed by atoms with E-state index in [1.54, 1.807) is 0 Å². The lowest BCUT2D eigenvalue weighted by Gasteiger charge is -2.31. The number of aromatic nitrogens is 1. The smallest absolute Gasteiger partial charge is 0.134 e. The van der Waals surface area contributed by atoms with Gasteiger partial charge in [-0.25, -0.2) is 4.98 Å². The predicted octanol–water partition coefficient (Wildman–Crippen LogP) is 2.90. The van der Waals surface area contributed by atoms with E-state index in [2.05, 4.69) is 23.7 Å². The van der Waals surface area contributed by atoms with E-state index in [9.17, 15) is 5.11 Å². The molecule has 17 heavy (non-hydrogen) atoms. The van der Waals surface area contributed by atoms with Gasteiger partial charge in [0.2, 0.25) is 0 Å². The molecule has 0 bridgehead atoms. The van der Waals surface area contributed by atoms with Crippen molar-refractivity contribution in [1.82, 2.24) is 4.98 Å². The Morgan fingerprint density at radius 3 is 2.94 bits per heavy atom. The highest BCUT2D eigenvalue weighted by Gasteiger charge is 2.32. The van der Waals surface area contributed by atoms with Gasteiger partial charge in [0.25, 0.3) is 0 Å². The van der Waals surface area contributed by atoms with Crippen LogP contribution in [-0.2, 0) is 0 Å². The van der Waals surface area contributed by atoms with Crippen LogP contribution in [0.5, 0.6) is 0 Å². The largest absolute Gasteiger partial charge is 0.389 e. The molecular formula is C14H22N2O. The molecule has 1 aliphatic rings. The van der Waals surface area contributed by atoms with E-state index in [1.807, 2.05) is 25.3 Å². The van der Waals surface area contributed by atoms with Crippen LogP contribution in [-0.4, -0.2) is 22.2 Å². The Balaban J connectivity index is 2.38. The first-order valence-corrected chi connectivity index (χ1v) is 6.56. The lowest BCUT2D eigenvalue weighted by atomic mass is 10.1. The highest BCUT2D eigenvalue weighted by molar-refractivity contribution is 5.50. The Hall–Kier alpha value is -1.09. The van der Waals surface area contributed by atoms with E-state index < -0.39 is 6.10 Å². The quantitative estimate of drug-likeness (QED) is 0.873. The fourth-order valence-corrected chi connectivity index (χ4v) is 2.81. The van der Waals surface area contributed by atoms with Crippen LogP contribution in [0.3, 0.4) is 0 Å². The number of hydrogen-bond acceptors (Lipinski definition) is 3. The van der Waals surface area contributed by atoms with Crippen molar-refractivity contribution in [3.8, 4) is 0 Å². The maximum atomic E-state index is 9.84. The number of hydrogen-bond donors (Lipinski definition) is 1. The number of aliphatic hydroxyl groups is 1. The first-order valence-electron chi connectivity index (χ1n) is 6.56. The van der Waals surface area contributed by atoms with Crippen molar-refractivity contribution in [1.29, 1.82) is 0 Å². The fraction of sp³-hybridized carbons (Fsp3) is 0.643. The number of nitrogens with zero attached hydrogens (tertiary/aromatic N) is 2. The third kappa shape index (κ3) is 2.29. The van der Waals surface area contributed by atoms with Crippen LogP contribution in [0, 0.1) is 0 Å². The molecule has 2 unspecified atom stereocenters. The van der Waals surface area contributed by atoms with Crippen molar-refractivity contribution >= 4 is 5.82 Å². The Bertz CT molecular complexity index is 378. The molecule has 1 fully saturated rings. The summed E-state index contributed by atoms with van der Waals surface area (Å²) in [5.74, 6) is 0.972. The van der Waals surface area contributed by atoms with Gasteiger partial charge in [0, 0.05) is 23.8 Å². The first kappa shape index (κ1) is 12.4. The third-order valence-electron chi connectivity index (χ3n) is 3.77. The van der Waals surface area contributed by atoms with Crippen molar-refractivity contribution in [2.45, 2.75) is 58.2 Å². The molecule has 1 N–H and O–H groups in total. The molecule has 2 heterocycles. The van der Waals surface area contributed by atoms with Crippen LogP contribution in [0.25, 0.3) is 0 Å². The summed E-state index contributed by atoms with van der Waals surface area (Å²) in [5, 5.41) is 9.84. The Morgan fingerprint density at radius 1 is 1.53 bits per heavy atom. The molecule has 3 nitrogen and oxygen atoms in total. The van der Waals surface area contributed by atoms with Crippen LogP contribution in [0.15, 0.2) is 18.3 Å². The van der Waals surface area contributed by atoms with Gasteiger partial charge in [0.15, 0.2) is 0 Å². The summed E-state index contributed by atoms with van der Waals surface area (Å²) in [4.78, 5) is 6.89. The Kier molecular flexibility index (Phi) is 3.67. The average molecular weight is 234 g/mol. The zero-order valence-corrected chi connectivity index (χ0v) is 10.9. The molecule has 0 amide bonds. The molecule has 0 spiro atoms. The third-order valence-corrected chi connectivity index (χ3v) is 3.77. The van der Waals surface area contributed by atoms with Gasteiger partial charge in [-0.15, -0.1) is 0 Å². The second-order valence-corrected chi connectivity index (χ2v) is 4.99. The maximum absolute atomic E-state index is 9.84. The summed E-state index contributed by atoms with van der Waals surface area (Å²) in [6.07, 6.45) is 4.95. The van der Waals surface area contributed by atoms with Gasteiger partial charge in [-0.1, -0.05) is 13.0 Å². The summed E-state index contributed by atoms with van der Waals surface area (Å²) >= 11 is 0. The molecule has 2 rings (SSSR count). The molecule has 0 aliphatic carbocycles. The van der Waals surface area contributed by atoms with Crippen LogP contribution >= 0.6 is 0 Å². The minimum Gasteiger partial charge on any atom is -0.389 e. The molecule has 1 saturated heterocycles. The summed E-state index contributed by atoms with van der Waals surface area (Å²) in [7, 11) is 0. The molecule has 0 aromatic carbocycles. The fourth-order valence-electron chi connectivity index (χ4n) is 2.81. The molecule has 3 heteroatoms. The highest BCUT2D eigenvalue weighted by Crippen LogP contribution is 2.34. The van der Waals surface area contributed by atoms with Crippen LogP contribution in [0.2, 0.25) is 0 Å². The van der Waals surface area contributed by atoms with Gasteiger partial charge in [-0.05, 0) is 39.2 Å². The maximum Gasteiger partial charge on any atom is 0.134 e. The second-order valence-electron chi connectivity index (χ2n) is 4.99. The standard InChI is InChI=1S/C14H22N2O/c1-4-12-8-7-10(2)16(12)14-13(11(3)17)6-5-9-15-14/h5-6,9-12,17H,4,7-8H2,1-3H3/t10?,11-,12?/m0/s1. The topological polar surface area (TPSA) is 36.4 Å². The van der Waals surface area contributed by atoms with E-state index in [0.29, 0.717) is 12.1 Å². The van der Waals surface area contributed by atoms with E-state index in [0.717, 1.165) is 17.8 Å². The Morgan fingerprint density at radius 2 is 2.29 bits per heavy atom. The number of pyridine rings is 1. The molecule has 1 aliphatic heterocycles. The summed E-state index contributed by atoms with van der Waals surface area (Å²) in [6.45, 7) is 6.28. The Labute approximate surface area is 103 Å². The zero-order chi connectivity index (χ0) is 12.4. The molecule has 3 atom stereocenters. The van der Waals surface area contributed by atoms with Crippen molar-refractivity contribution in [2.75, 3.05) is 4.90 Å². The summed E-state index contributed by atoms with van der Waals surface area (Å²) in [5.41, 5.74) is 0.944.